The number of amides is 1. The second kappa shape index (κ2) is 8.78. The minimum Gasteiger partial charge on any atom is -0.454 e. The number of guanidine groups is 1. The number of fused-ring (bicyclic) bond motifs is 1. The molecule has 0 radical (unpaired) electrons. The molecular formula is C19H28N4O3. The number of rotatable bonds is 8. The lowest BCUT2D eigenvalue weighted by molar-refractivity contribution is -0.121. The first-order valence-electron chi connectivity index (χ1n) is 9.33. The molecule has 7 heteroatoms. The molecule has 1 saturated carbocycles. The summed E-state index contributed by atoms with van der Waals surface area (Å²) >= 11 is 0. The summed E-state index contributed by atoms with van der Waals surface area (Å²) in [5, 5.41) is 6.31. The molecule has 0 bridgehead atoms. The number of benzene rings is 1. The van der Waals surface area contributed by atoms with Gasteiger partial charge in [0.05, 0.1) is 0 Å². The number of hydrogen-bond donors (Lipinski definition) is 2. The zero-order valence-corrected chi connectivity index (χ0v) is 15.6. The van der Waals surface area contributed by atoms with Crippen molar-refractivity contribution in [2.24, 2.45) is 4.99 Å². The van der Waals surface area contributed by atoms with Crippen molar-refractivity contribution in [1.29, 1.82) is 0 Å². The number of nitrogens with one attached hydrogen (secondary N) is 2. The molecular weight excluding hydrogens is 332 g/mol. The van der Waals surface area contributed by atoms with E-state index in [9.17, 15) is 4.79 Å². The second-order valence-electron chi connectivity index (χ2n) is 6.72. The third-order valence-corrected chi connectivity index (χ3v) is 4.32. The minimum atomic E-state index is 0.140. The Bertz CT molecular complexity index is 658. The molecule has 7 nitrogen and oxygen atoms in total. The quantitative estimate of drug-likeness (QED) is 0.421. The maximum Gasteiger partial charge on any atom is 0.231 e. The Morgan fingerprint density at radius 1 is 1.31 bits per heavy atom. The number of carbonyl (C=O) groups excluding carboxylic acids is 1. The highest BCUT2D eigenvalue weighted by Crippen LogP contribution is 2.32. The van der Waals surface area contributed by atoms with Gasteiger partial charge in [0.15, 0.2) is 17.5 Å². The van der Waals surface area contributed by atoms with Crippen LogP contribution in [-0.2, 0) is 11.3 Å². The van der Waals surface area contributed by atoms with Gasteiger partial charge in [-0.3, -0.25) is 9.79 Å². The van der Waals surface area contributed by atoms with E-state index in [0.29, 0.717) is 25.6 Å². The first-order chi connectivity index (χ1) is 12.7. The molecule has 0 saturated heterocycles. The molecule has 1 aromatic rings. The summed E-state index contributed by atoms with van der Waals surface area (Å²) in [5.74, 6) is 2.56. The average molecular weight is 360 g/mol. The molecule has 1 amide bonds. The van der Waals surface area contributed by atoms with Gasteiger partial charge >= 0.3 is 0 Å². The van der Waals surface area contributed by atoms with Crippen LogP contribution in [0.25, 0.3) is 0 Å². The summed E-state index contributed by atoms with van der Waals surface area (Å²) in [5.41, 5.74) is 1.13. The van der Waals surface area contributed by atoms with Gasteiger partial charge in [0.1, 0.15) is 0 Å². The van der Waals surface area contributed by atoms with Crippen LogP contribution in [0.5, 0.6) is 11.5 Å². The number of hydrogen-bond acceptors (Lipinski definition) is 4. The Hall–Kier alpha value is -2.44. The Morgan fingerprint density at radius 2 is 2.12 bits per heavy atom. The zero-order valence-electron chi connectivity index (χ0n) is 15.6. The third-order valence-electron chi connectivity index (χ3n) is 4.32. The summed E-state index contributed by atoms with van der Waals surface area (Å²) in [7, 11) is 2.01. The molecule has 0 unspecified atom stereocenters. The average Bonchev–Trinajstić information content (AvgIpc) is 3.31. The van der Waals surface area contributed by atoms with E-state index in [0.717, 1.165) is 48.8 Å². The summed E-state index contributed by atoms with van der Waals surface area (Å²) in [6.07, 6.45) is 3.54. The highest BCUT2D eigenvalue weighted by atomic mass is 16.7. The van der Waals surface area contributed by atoms with Crippen molar-refractivity contribution >= 4 is 11.9 Å². The number of ether oxygens (including phenoxy) is 2. The summed E-state index contributed by atoms with van der Waals surface area (Å²) < 4.78 is 10.8. The van der Waals surface area contributed by atoms with Crippen LogP contribution in [0.1, 0.15) is 38.2 Å². The largest absolute Gasteiger partial charge is 0.454 e. The smallest absolute Gasteiger partial charge is 0.231 e. The number of nitrogens with zero attached hydrogens (tertiary/aromatic N) is 2. The fourth-order valence-corrected chi connectivity index (χ4v) is 2.81. The monoisotopic (exact) mass is 360 g/mol. The van der Waals surface area contributed by atoms with Gasteiger partial charge in [-0.15, -0.1) is 0 Å². The lowest BCUT2D eigenvalue weighted by Gasteiger charge is -2.22. The molecule has 1 fully saturated rings. The number of carbonyl (C=O) groups is 1. The van der Waals surface area contributed by atoms with E-state index in [1.54, 1.807) is 0 Å². The first-order valence-corrected chi connectivity index (χ1v) is 9.33. The van der Waals surface area contributed by atoms with Gasteiger partial charge in [0.25, 0.3) is 0 Å². The van der Waals surface area contributed by atoms with Gasteiger partial charge < -0.3 is 25.0 Å². The van der Waals surface area contributed by atoms with Crippen LogP contribution in [0.15, 0.2) is 23.2 Å². The molecule has 142 valence electrons. The molecule has 1 aromatic carbocycles. The van der Waals surface area contributed by atoms with E-state index in [2.05, 4.69) is 20.5 Å². The Morgan fingerprint density at radius 3 is 2.88 bits per heavy atom. The molecule has 1 heterocycles. The third kappa shape index (κ3) is 5.28. The molecule has 0 aromatic heterocycles. The standard InChI is InChI=1S/C19H28N4O3/c1-3-20-19(21-10-4-5-18(24)22-15-7-8-15)23(2)12-14-6-9-16-17(11-14)26-13-25-16/h6,9,11,15H,3-5,7-8,10,12-13H2,1-2H3,(H,20,21)(H,22,24). The van der Waals surface area contributed by atoms with Crippen LogP contribution < -0.4 is 20.1 Å². The van der Waals surface area contributed by atoms with Crippen LogP contribution in [0.3, 0.4) is 0 Å². The van der Waals surface area contributed by atoms with Crippen molar-refractivity contribution in [2.75, 3.05) is 26.9 Å². The second-order valence-corrected chi connectivity index (χ2v) is 6.72. The van der Waals surface area contributed by atoms with Crippen molar-refractivity contribution in [2.45, 2.75) is 45.2 Å². The van der Waals surface area contributed by atoms with Gasteiger partial charge in [-0.2, -0.15) is 0 Å². The topological polar surface area (TPSA) is 75.2 Å². The van der Waals surface area contributed by atoms with Gasteiger partial charge in [-0.1, -0.05) is 6.07 Å². The van der Waals surface area contributed by atoms with Crippen LogP contribution in [0.2, 0.25) is 0 Å². The molecule has 1 aliphatic heterocycles. The Balaban J connectivity index is 1.49. The van der Waals surface area contributed by atoms with Crippen molar-refractivity contribution in [3.8, 4) is 11.5 Å². The van der Waals surface area contributed by atoms with Gasteiger partial charge in [0, 0.05) is 39.1 Å². The molecule has 2 aliphatic rings. The first kappa shape index (κ1) is 18.4. The maximum atomic E-state index is 11.7. The van der Waals surface area contributed by atoms with Gasteiger partial charge in [-0.25, -0.2) is 0 Å². The van der Waals surface area contributed by atoms with Crippen molar-refractivity contribution in [1.82, 2.24) is 15.5 Å². The van der Waals surface area contributed by atoms with Crippen LogP contribution in [-0.4, -0.2) is 49.7 Å². The summed E-state index contributed by atoms with van der Waals surface area (Å²) in [6, 6.07) is 6.41. The Kier molecular flexibility index (Phi) is 6.20. The fourth-order valence-electron chi connectivity index (χ4n) is 2.81. The van der Waals surface area contributed by atoms with Crippen molar-refractivity contribution < 1.29 is 14.3 Å². The van der Waals surface area contributed by atoms with E-state index in [1.165, 1.54) is 0 Å². The Labute approximate surface area is 154 Å². The lowest BCUT2D eigenvalue weighted by atomic mass is 10.2. The fraction of sp³-hybridized carbons (Fsp3) is 0.579. The molecule has 26 heavy (non-hydrogen) atoms. The van der Waals surface area contributed by atoms with Crippen molar-refractivity contribution in [3.63, 3.8) is 0 Å². The maximum absolute atomic E-state index is 11.7. The predicted octanol–water partition coefficient (Wildman–Crippen LogP) is 1.87. The number of aliphatic imine (C=N–C) groups is 1. The van der Waals surface area contributed by atoms with Crippen LogP contribution in [0, 0.1) is 0 Å². The zero-order chi connectivity index (χ0) is 18.4. The van der Waals surface area contributed by atoms with E-state index in [4.69, 9.17) is 9.47 Å². The lowest BCUT2D eigenvalue weighted by Crippen LogP contribution is -2.38. The van der Waals surface area contributed by atoms with Gasteiger partial charge in [-0.05, 0) is 43.9 Å². The molecule has 0 spiro atoms. The van der Waals surface area contributed by atoms with Gasteiger partial charge in [0.2, 0.25) is 12.7 Å². The summed E-state index contributed by atoms with van der Waals surface area (Å²) in [6.45, 7) is 4.48. The highest BCUT2D eigenvalue weighted by molar-refractivity contribution is 5.80. The normalized spacial score (nSPS) is 15.7. The van der Waals surface area contributed by atoms with E-state index < -0.39 is 0 Å². The van der Waals surface area contributed by atoms with Crippen LogP contribution >= 0.6 is 0 Å². The van der Waals surface area contributed by atoms with Crippen LogP contribution in [0.4, 0.5) is 0 Å². The van der Waals surface area contributed by atoms with E-state index in [-0.39, 0.29) is 12.7 Å². The summed E-state index contributed by atoms with van der Waals surface area (Å²) in [4.78, 5) is 18.4. The minimum absolute atomic E-state index is 0.140. The molecule has 2 N–H and O–H groups in total. The predicted molar refractivity (Wildman–Crippen MR) is 100 cm³/mol. The molecule has 3 rings (SSSR count). The van der Waals surface area contributed by atoms with E-state index >= 15 is 0 Å². The SMILES string of the molecule is CCNC(=NCCCC(=O)NC1CC1)N(C)Cc1ccc2c(c1)OCO2. The molecule has 0 atom stereocenters. The molecule has 1 aliphatic carbocycles. The van der Waals surface area contributed by atoms with Crippen molar-refractivity contribution in [3.05, 3.63) is 23.8 Å². The van der Waals surface area contributed by atoms with E-state index in [1.807, 2.05) is 32.2 Å². The highest BCUT2D eigenvalue weighted by Gasteiger charge is 2.22.